The minimum absolute atomic E-state index is 0.869. The first-order valence-corrected chi connectivity index (χ1v) is 6.24. The van der Waals surface area contributed by atoms with E-state index in [0.717, 1.165) is 18.5 Å². The number of piperidine rings is 1. The van der Waals surface area contributed by atoms with Gasteiger partial charge in [0.2, 0.25) is 0 Å². The zero-order chi connectivity index (χ0) is 10.5. The summed E-state index contributed by atoms with van der Waals surface area (Å²) < 4.78 is 0. The van der Waals surface area contributed by atoms with Crippen LogP contribution in [0.5, 0.6) is 0 Å². The van der Waals surface area contributed by atoms with E-state index in [4.69, 9.17) is 0 Å². The average Bonchev–Trinajstić information content (AvgIpc) is 3.09. The summed E-state index contributed by atoms with van der Waals surface area (Å²) in [4.78, 5) is 2.48. The molecule has 0 unspecified atom stereocenters. The van der Waals surface area contributed by atoms with Gasteiger partial charge in [-0.3, -0.25) is 4.90 Å². The lowest BCUT2D eigenvalue weighted by molar-refractivity contribution is 0.200. The molecule has 1 N–H and O–H groups in total. The first kappa shape index (κ1) is 11.0. The summed E-state index contributed by atoms with van der Waals surface area (Å²) in [5.74, 6) is 7.04. The van der Waals surface area contributed by atoms with Crippen LogP contribution in [0.3, 0.4) is 0 Å². The molecule has 2 fully saturated rings. The quantitative estimate of drug-likeness (QED) is 0.701. The normalized spacial score (nSPS) is 23.5. The molecule has 0 aromatic rings. The maximum atomic E-state index is 3.64. The van der Waals surface area contributed by atoms with Crippen molar-refractivity contribution in [3.8, 4) is 11.8 Å². The summed E-state index contributed by atoms with van der Waals surface area (Å²) in [5.41, 5.74) is 0. The lowest BCUT2D eigenvalue weighted by atomic mass is 9.97. The molecule has 0 aromatic heterocycles. The fourth-order valence-electron chi connectivity index (χ4n) is 2.16. The van der Waals surface area contributed by atoms with Gasteiger partial charge in [0.05, 0.1) is 6.54 Å². The minimum atomic E-state index is 0.869. The molecular formula is C13H22N2. The minimum Gasteiger partial charge on any atom is -0.314 e. The molecule has 0 spiro atoms. The van der Waals surface area contributed by atoms with E-state index >= 15 is 0 Å². The molecule has 2 heteroatoms. The smallest absolute Gasteiger partial charge is 0.0601 e. The van der Waals surface area contributed by atoms with Gasteiger partial charge in [-0.05, 0) is 58.2 Å². The number of nitrogens with zero attached hydrogens (tertiary/aromatic N) is 1. The van der Waals surface area contributed by atoms with Crippen molar-refractivity contribution in [3.63, 3.8) is 0 Å². The summed E-state index contributed by atoms with van der Waals surface area (Å²) in [7, 11) is 0. The zero-order valence-corrected chi connectivity index (χ0v) is 9.76. The third-order valence-electron chi connectivity index (χ3n) is 3.46. The maximum Gasteiger partial charge on any atom is 0.0601 e. The van der Waals surface area contributed by atoms with Crippen LogP contribution in [0.4, 0.5) is 0 Å². The molecule has 0 atom stereocenters. The Morgan fingerprint density at radius 1 is 1.20 bits per heavy atom. The van der Waals surface area contributed by atoms with Gasteiger partial charge in [0.25, 0.3) is 0 Å². The van der Waals surface area contributed by atoms with E-state index in [-0.39, 0.29) is 0 Å². The van der Waals surface area contributed by atoms with E-state index in [1.807, 2.05) is 6.92 Å². The van der Waals surface area contributed by atoms with E-state index in [9.17, 15) is 0 Å². The molecule has 2 nitrogen and oxygen atoms in total. The van der Waals surface area contributed by atoms with Crippen LogP contribution in [-0.2, 0) is 0 Å². The van der Waals surface area contributed by atoms with Crippen molar-refractivity contribution in [1.29, 1.82) is 0 Å². The number of hydrogen-bond acceptors (Lipinski definition) is 2. The maximum absolute atomic E-state index is 3.64. The molecule has 2 rings (SSSR count). The van der Waals surface area contributed by atoms with Gasteiger partial charge in [-0.2, -0.15) is 0 Å². The predicted molar refractivity (Wildman–Crippen MR) is 63.6 cm³/mol. The molecule has 0 radical (unpaired) electrons. The summed E-state index contributed by atoms with van der Waals surface area (Å²) in [6.07, 6.45) is 5.52. The molecule has 0 aromatic carbocycles. The van der Waals surface area contributed by atoms with E-state index < -0.39 is 0 Å². The van der Waals surface area contributed by atoms with E-state index in [1.54, 1.807) is 0 Å². The Hall–Kier alpha value is -0.520. The molecule has 1 saturated carbocycles. The van der Waals surface area contributed by atoms with Crippen molar-refractivity contribution < 1.29 is 0 Å². The van der Waals surface area contributed by atoms with E-state index in [1.165, 1.54) is 45.3 Å². The van der Waals surface area contributed by atoms with Crippen LogP contribution in [0.15, 0.2) is 0 Å². The van der Waals surface area contributed by atoms with Crippen LogP contribution in [-0.4, -0.2) is 37.1 Å². The lowest BCUT2D eigenvalue weighted by Crippen LogP contribution is -2.37. The highest BCUT2D eigenvalue weighted by Crippen LogP contribution is 2.21. The van der Waals surface area contributed by atoms with E-state index in [2.05, 4.69) is 22.1 Å². The Morgan fingerprint density at radius 2 is 1.93 bits per heavy atom. The molecule has 1 aliphatic heterocycles. The number of likely N-dealkylation sites (tertiary alicyclic amines) is 1. The highest BCUT2D eigenvalue weighted by atomic mass is 15.1. The van der Waals surface area contributed by atoms with Gasteiger partial charge in [-0.15, -0.1) is 5.92 Å². The third kappa shape index (κ3) is 3.85. The largest absolute Gasteiger partial charge is 0.314 e. The SMILES string of the molecule is CC#CCN1CCC(CNC2CC2)CC1. The second-order valence-electron chi connectivity index (χ2n) is 4.83. The Kier molecular flexibility index (Phi) is 4.05. The van der Waals surface area contributed by atoms with Crippen LogP contribution in [0, 0.1) is 17.8 Å². The molecular weight excluding hydrogens is 184 g/mol. The highest BCUT2D eigenvalue weighted by Gasteiger charge is 2.23. The molecule has 1 heterocycles. The summed E-state index contributed by atoms with van der Waals surface area (Å²) in [6.45, 7) is 6.63. The molecule has 1 aliphatic carbocycles. The Morgan fingerprint density at radius 3 is 2.53 bits per heavy atom. The number of nitrogens with one attached hydrogen (secondary N) is 1. The standard InChI is InChI=1S/C13H22N2/c1-2-3-8-15-9-6-12(7-10-15)11-14-13-4-5-13/h12-14H,4-11H2,1H3. The summed E-state index contributed by atoms with van der Waals surface area (Å²) in [5, 5.41) is 3.64. The Balaban J connectivity index is 1.59. The first-order chi connectivity index (χ1) is 7.38. The lowest BCUT2D eigenvalue weighted by Gasteiger charge is -2.30. The van der Waals surface area contributed by atoms with Crippen molar-refractivity contribution in [2.45, 2.75) is 38.6 Å². The second kappa shape index (κ2) is 5.53. The monoisotopic (exact) mass is 206 g/mol. The van der Waals surface area contributed by atoms with Crippen molar-refractivity contribution in [1.82, 2.24) is 10.2 Å². The van der Waals surface area contributed by atoms with Gasteiger partial charge in [0.15, 0.2) is 0 Å². The fourth-order valence-corrected chi connectivity index (χ4v) is 2.16. The van der Waals surface area contributed by atoms with Gasteiger partial charge in [-0.1, -0.05) is 5.92 Å². The van der Waals surface area contributed by atoms with Crippen molar-refractivity contribution in [2.24, 2.45) is 5.92 Å². The van der Waals surface area contributed by atoms with Gasteiger partial charge >= 0.3 is 0 Å². The van der Waals surface area contributed by atoms with E-state index in [0.29, 0.717) is 0 Å². The third-order valence-corrected chi connectivity index (χ3v) is 3.46. The summed E-state index contributed by atoms with van der Waals surface area (Å²) in [6, 6.07) is 0.869. The first-order valence-electron chi connectivity index (χ1n) is 6.24. The predicted octanol–water partition coefficient (Wildman–Crippen LogP) is 1.47. The Labute approximate surface area is 93.4 Å². The zero-order valence-electron chi connectivity index (χ0n) is 9.76. The van der Waals surface area contributed by atoms with Crippen LogP contribution in [0.25, 0.3) is 0 Å². The van der Waals surface area contributed by atoms with Gasteiger partial charge in [0.1, 0.15) is 0 Å². The molecule has 0 amide bonds. The van der Waals surface area contributed by atoms with Crippen LogP contribution < -0.4 is 5.32 Å². The molecule has 1 saturated heterocycles. The molecule has 15 heavy (non-hydrogen) atoms. The molecule has 0 bridgehead atoms. The van der Waals surface area contributed by atoms with Crippen LogP contribution >= 0.6 is 0 Å². The highest BCUT2D eigenvalue weighted by molar-refractivity contribution is 4.98. The summed E-state index contributed by atoms with van der Waals surface area (Å²) >= 11 is 0. The number of rotatable bonds is 4. The molecule has 84 valence electrons. The van der Waals surface area contributed by atoms with Crippen LogP contribution in [0.1, 0.15) is 32.6 Å². The van der Waals surface area contributed by atoms with Crippen LogP contribution in [0.2, 0.25) is 0 Å². The van der Waals surface area contributed by atoms with Crippen molar-refractivity contribution in [2.75, 3.05) is 26.2 Å². The van der Waals surface area contributed by atoms with Crippen molar-refractivity contribution in [3.05, 3.63) is 0 Å². The topological polar surface area (TPSA) is 15.3 Å². The fraction of sp³-hybridized carbons (Fsp3) is 0.846. The second-order valence-corrected chi connectivity index (χ2v) is 4.83. The van der Waals surface area contributed by atoms with Gasteiger partial charge < -0.3 is 5.32 Å². The Bertz CT molecular complexity index is 239. The van der Waals surface area contributed by atoms with Gasteiger partial charge in [0, 0.05) is 6.04 Å². The number of hydrogen-bond donors (Lipinski definition) is 1. The van der Waals surface area contributed by atoms with Crippen molar-refractivity contribution >= 4 is 0 Å². The van der Waals surface area contributed by atoms with Gasteiger partial charge in [-0.25, -0.2) is 0 Å². The molecule has 2 aliphatic rings. The average molecular weight is 206 g/mol.